The van der Waals surface area contributed by atoms with Crippen molar-refractivity contribution in [3.8, 4) is 17.1 Å². The SMILES string of the molecule is CC(c1cn(-c2ccccc2F)nn1)n1nc(-c2ncnc3c2cnn3C)c2c(N)ncnc21. The average molecular weight is 456 g/mol. The van der Waals surface area contributed by atoms with Gasteiger partial charge in [-0.3, -0.25) is 4.68 Å². The molecule has 13 heteroatoms. The Labute approximate surface area is 190 Å². The second-order valence-corrected chi connectivity index (χ2v) is 7.69. The van der Waals surface area contributed by atoms with Gasteiger partial charge in [-0.05, 0) is 19.1 Å². The number of aromatic nitrogens is 11. The lowest BCUT2D eigenvalue weighted by atomic mass is 10.1. The van der Waals surface area contributed by atoms with E-state index in [1.165, 1.54) is 23.4 Å². The zero-order valence-electron chi connectivity index (χ0n) is 18.1. The van der Waals surface area contributed by atoms with Gasteiger partial charge in [0, 0.05) is 7.05 Å². The fourth-order valence-electron chi connectivity index (χ4n) is 3.93. The molecule has 1 unspecified atom stereocenters. The maximum absolute atomic E-state index is 14.2. The molecule has 34 heavy (non-hydrogen) atoms. The summed E-state index contributed by atoms with van der Waals surface area (Å²) in [5.41, 5.74) is 9.33. The van der Waals surface area contributed by atoms with E-state index in [1.54, 1.807) is 47.0 Å². The number of hydrogen-bond acceptors (Lipinski definition) is 9. The van der Waals surface area contributed by atoms with Crippen LogP contribution in [0.5, 0.6) is 0 Å². The third-order valence-electron chi connectivity index (χ3n) is 5.68. The molecule has 0 fully saturated rings. The van der Waals surface area contributed by atoms with Gasteiger partial charge in [0.05, 0.1) is 29.2 Å². The Morgan fingerprint density at radius 3 is 2.65 bits per heavy atom. The van der Waals surface area contributed by atoms with E-state index in [4.69, 9.17) is 10.8 Å². The second-order valence-electron chi connectivity index (χ2n) is 7.69. The molecule has 0 amide bonds. The average Bonchev–Trinajstić information content (AvgIpc) is 3.57. The highest BCUT2D eigenvalue weighted by atomic mass is 19.1. The van der Waals surface area contributed by atoms with Crippen LogP contribution in [0, 0.1) is 5.82 Å². The molecule has 0 saturated heterocycles. The van der Waals surface area contributed by atoms with E-state index < -0.39 is 11.9 Å². The predicted octanol–water partition coefficient (Wildman–Crippen LogP) is 2.08. The van der Waals surface area contributed by atoms with Crippen molar-refractivity contribution in [3.63, 3.8) is 0 Å². The minimum Gasteiger partial charge on any atom is -0.383 e. The van der Waals surface area contributed by atoms with Crippen molar-refractivity contribution in [2.45, 2.75) is 13.0 Å². The van der Waals surface area contributed by atoms with Crippen molar-refractivity contribution in [2.75, 3.05) is 5.73 Å². The molecule has 6 rings (SSSR count). The summed E-state index contributed by atoms with van der Waals surface area (Å²) >= 11 is 0. The largest absolute Gasteiger partial charge is 0.383 e. The number of benzene rings is 1. The Morgan fingerprint density at radius 1 is 1.00 bits per heavy atom. The number of anilines is 1. The Morgan fingerprint density at radius 2 is 1.79 bits per heavy atom. The van der Waals surface area contributed by atoms with Crippen LogP contribution in [0.3, 0.4) is 0 Å². The quantitative estimate of drug-likeness (QED) is 0.421. The Balaban J connectivity index is 1.52. The number of nitrogens with zero attached hydrogens (tertiary/aromatic N) is 11. The number of fused-ring (bicyclic) bond motifs is 2. The Kier molecular flexibility index (Phi) is 4.30. The standard InChI is InChI=1S/C21H17FN12/c1-11(14-8-33(31-29-14)15-6-4-3-5-13(15)22)34-21-16(19(23)25-10-27-21)18(30-34)17-12-7-28-32(2)20(12)26-9-24-17/h3-11H,1-2H3,(H2,23,25,27). The van der Waals surface area contributed by atoms with E-state index in [9.17, 15) is 4.39 Å². The van der Waals surface area contributed by atoms with Gasteiger partial charge in [-0.25, -0.2) is 33.7 Å². The van der Waals surface area contributed by atoms with E-state index in [-0.39, 0.29) is 5.82 Å². The van der Waals surface area contributed by atoms with Crippen molar-refractivity contribution in [3.05, 3.63) is 60.8 Å². The summed E-state index contributed by atoms with van der Waals surface area (Å²) in [5, 5.41) is 18.7. The highest BCUT2D eigenvalue weighted by Crippen LogP contribution is 2.34. The molecule has 0 aliphatic heterocycles. The van der Waals surface area contributed by atoms with Crippen molar-refractivity contribution >= 4 is 27.9 Å². The van der Waals surface area contributed by atoms with Gasteiger partial charge >= 0.3 is 0 Å². The summed E-state index contributed by atoms with van der Waals surface area (Å²) in [4.78, 5) is 17.3. The van der Waals surface area contributed by atoms with Gasteiger partial charge in [-0.1, -0.05) is 17.3 Å². The zero-order valence-corrected chi connectivity index (χ0v) is 18.1. The molecule has 168 valence electrons. The summed E-state index contributed by atoms with van der Waals surface area (Å²) in [6, 6.07) is 5.94. The summed E-state index contributed by atoms with van der Waals surface area (Å²) in [6.07, 6.45) is 6.17. The number of para-hydroxylation sites is 1. The lowest BCUT2D eigenvalue weighted by molar-refractivity contribution is 0.565. The normalized spacial score (nSPS) is 12.6. The first-order chi connectivity index (χ1) is 16.5. The molecule has 0 bridgehead atoms. The molecular weight excluding hydrogens is 439 g/mol. The first-order valence-electron chi connectivity index (χ1n) is 10.3. The van der Waals surface area contributed by atoms with E-state index in [0.717, 1.165) is 5.39 Å². The van der Waals surface area contributed by atoms with E-state index >= 15 is 0 Å². The number of hydrogen-bond donors (Lipinski definition) is 1. The van der Waals surface area contributed by atoms with Crippen LogP contribution in [-0.2, 0) is 7.05 Å². The third-order valence-corrected chi connectivity index (χ3v) is 5.68. The molecule has 0 aliphatic carbocycles. The summed E-state index contributed by atoms with van der Waals surface area (Å²) in [5.74, 6) is -0.132. The van der Waals surface area contributed by atoms with E-state index in [0.29, 0.717) is 39.4 Å². The monoisotopic (exact) mass is 456 g/mol. The predicted molar refractivity (Wildman–Crippen MR) is 120 cm³/mol. The van der Waals surface area contributed by atoms with Crippen LogP contribution in [-0.4, -0.2) is 54.5 Å². The zero-order chi connectivity index (χ0) is 23.4. The molecule has 0 spiro atoms. The molecule has 0 saturated carbocycles. The van der Waals surface area contributed by atoms with Gasteiger partial charge in [0.1, 0.15) is 47.1 Å². The molecule has 6 aromatic rings. The summed E-state index contributed by atoms with van der Waals surface area (Å²) in [6.45, 7) is 1.89. The molecule has 0 radical (unpaired) electrons. The molecule has 1 aromatic carbocycles. The van der Waals surface area contributed by atoms with Gasteiger partial charge < -0.3 is 5.73 Å². The van der Waals surface area contributed by atoms with Crippen LogP contribution in [0.2, 0.25) is 0 Å². The molecule has 2 N–H and O–H groups in total. The number of nitrogens with two attached hydrogens (primary N) is 1. The third kappa shape index (κ3) is 2.90. The molecular formula is C21H17FN12. The molecule has 5 heterocycles. The second kappa shape index (κ2) is 7.37. The maximum atomic E-state index is 14.2. The first kappa shape index (κ1) is 19.8. The first-order valence-corrected chi connectivity index (χ1v) is 10.3. The van der Waals surface area contributed by atoms with Gasteiger partial charge in [0.15, 0.2) is 11.3 Å². The highest BCUT2D eigenvalue weighted by Gasteiger charge is 2.25. The van der Waals surface area contributed by atoms with E-state index in [1.807, 2.05) is 6.92 Å². The number of aryl methyl sites for hydroxylation is 1. The molecule has 5 aromatic heterocycles. The fraction of sp³-hybridized carbons (Fsp3) is 0.143. The lowest BCUT2D eigenvalue weighted by Crippen LogP contribution is -2.10. The lowest BCUT2D eigenvalue weighted by Gasteiger charge is -2.09. The van der Waals surface area contributed by atoms with Crippen molar-refractivity contribution in [1.82, 2.24) is 54.5 Å². The van der Waals surface area contributed by atoms with Crippen LogP contribution >= 0.6 is 0 Å². The minimum absolute atomic E-state index is 0.268. The smallest absolute Gasteiger partial charge is 0.164 e. The van der Waals surface area contributed by atoms with Crippen molar-refractivity contribution in [2.24, 2.45) is 7.05 Å². The van der Waals surface area contributed by atoms with E-state index in [2.05, 4.69) is 35.3 Å². The number of halogens is 1. The Hall–Kier alpha value is -4.81. The minimum atomic E-state index is -0.405. The summed E-state index contributed by atoms with van der Waals surface area (Å²) < 4.78 is 19.0. The van der Waals surface area contributed by atoms with Gasteiger partial charge in [-0.15, -0.1) is 5.10 Å². The Bertz CT molecular complexity index is 1680. The topological polar surface area (TPSA) is 144 Å². The van der Waals surface area contributed by atoms with Crippen LogP contribution in [0.15, 0.2) is 49.3 Å². The molecule has 12 nitrogen and oxygen atoms in total. The van der Waals surface area contributed by atoms with Gasteiger partial charge in [0.2, 0.25) is 0 Å². The number of rotatable bonds is 4. The van der Waals surface area contributed by atoms with Gasteiger partial charge in [-0.2, -0.15) is 10.2 Å². The fourth-order valence-corrected chi connectivity index (χ4v) is 3.93. The van der Waals surface area contributed by atoms with Crippen LogP contribution in [0.25, 0.3) is 39.1 Å². The van der Waals surface area contributed by atoms with Crippen molar-refractivity contribution in [1.29, 1.82) is 0 Å². The van der Waals surface area contributed by atoms with Gasteiger partial charge in [0.25, 0.3) is 0 Å². The van der Waals surface area contributed by atoms with Crippen molar-refractivity contribution < 1.29 is 4.39 Å². The highest BCUT2D eigenvalue weighted by molar-refractivity contribution is 6.03. The molecule has 1 atom stereocenters. The van der Waals surface area contributed by atoms with Crippen LogP contribution in [0.4, 0.5) is 10.2 Å². The van der Waals surface area contributed by atoms with Crippen LogP contribution in [0.1, 0.15) is 18.7 Å². The molecule has 0 aliphatic rings. The summed E-state index contributed by atoms with van der Waals surface area (Å²) in [7, 11) is 1.80. The maximum Gasteiger partial charge on any atom is 0.164 e. The van der Waals surface area contributed by atoms with Crippen LogP contribution < -0.4 is 5.73 Å². The number of nitrogen functional groups attached to an aromatic ring is 1.